The van der Waals surface area contributed by atoms with Crippen LogP contribution in [0.15, 0.2) is 0 Å². The van der Waals surface area contributed by atoms with Gasteiger partial charge < -0.3 is 4.74 Å². The first-order valence-electron chi connectivity index (χ1n) is 7.05. The van der Waals surface area contributed by atoms with Crippen molar-refractivity contribution in [2.75, 3.05) is 19.7 Å². The number of nitrogens with zero attached hydrogens (tertiary/aromatic N) is 1. The van der Waals surface area contributed by atoms with Crippen LogP contribution >= 0.6 is 0 Å². The molecule has 102 valence electrons. The number of morpholine rings is 1. The summed E-state index contributed by atoms with van der Waals surface area (Å²) >= 11 is 0. The standard InChI is InChI=1S/C15H31NO/c1-14(2,3)9-7-8-13-12-16(10-11-17-13)15(4,5)6/h13H,7-12H2,1-6H3. The van der Waals surface area contributed by atoms with Crippen molar-refractivity contribution in [2.45, 2.75) is 72.4 Å². The van der Waals surface area contributed by atoms with Gasteiger partial charge in [-0.2, -0.15) is 0 Å². The second kappa shape index (κ2) is 5.71. The molecule has 0 amide bonds. The zero-order valence-corrected chi connectivity index (χ0v) is 12.7. The predicted octanol–water partition coefficient (Wildman–Crippen LogP) is 3.70. The summed E-state index contributed by atoms with van der Waals surface area (Å²) in [6, 6.07) is 0. The van der Waals surface area contributed by atoms with Crippen LogP contribution in [-0.4, -0.2) is 36.2 Å². The summed E-state index contributed by atoms with van der Waals surface area (Å²) in [7, 11) is 0. The molecule has 1 saturated heterocycles. The van der Waals surface area contributed by atoms with Gasteiger partial charge in [0.25, 0.3) is 0 Å². The highest BCUT2D eigenvalue weighted by Crippen LogP contribution is 2.24. The van der Waals surface area contributed by atoms with Crippen LogP contribution in [0.3, 0.4) is 0 Å². The minimum atomic E-state index is 0.284. The Morgan fingerprint density at radius 3 is 2.29 bits per heavy atom. The molecule has 2 nitrogen and oxygen atoms in total. The van der Waals surface area contributed by atoms with Crippen molar-refractivity contribution in [3.8, 4) is 0 Å². The van der Waals surface area contributed by atoms with E-state index in [2.05, 4.69) is 46.4 Å². The molecular weight excluding hydrogens is 210 g/mol. The Labute approximate surface area is 108 Å². The van der Waals surface area contributed by atoms with Crippen LogP contribution in [0.5, 0.6) is 0 Å². The first kappa shape index (κ1) is 15.0. The van der Waals surface area contributed by atoms with Gasteiger partial charge in [-0.25, -0.2) is 0 Å². The highest BCUT2D eigenvalue weighted by atomic mass is 16.5. The van der Waals surface area contributed by atoms with Crippen LogP contribution < -0.4 is 0 Å². The van der Waals surface area contributed by atoms with E-state index in [0.717, 1.165) is 19.7 Å². The Kier molecular flexibility index (Phi) is 5.03. The average molecular weight is 241 g/mol. The van der Waals surface area contributed by atoms with E-state index >= 15 is 0 Å². The van der Waals surface area contributed by atoms with E-state index in [0.29, 0.717) is 11.5 Å². The molecule has 0 aliphatic carbocycles. The molecule has 0 saturated carbocycles. The second-order valence-electron chi connectivity index (χ2n) is 7.56. The third kappa shape index (κ3) is 5.87. The molecular formula is C15H31NO. The predicted molar refractivity (Wildman–Crippen MR) is 74.4 cm³/mol. The number of ether oxygens (including phenoxy) is 1. The Morgan fingerprint density at radius 2 is 1.76 bits per heavy atom. The van der Waals surface area contributed by atoms with Gasteiger partial charge in [-0.05, 0) is 39.0 Å². The van der Waals surface area contributed by atoms with Gasteiger partial charge >= 0.3 is 0 Å². The maximum Gasteiger partial charge on any atom is 0.0702 e. The largest absolute Gasteiger partial charge is 0.376 e. The Balaban J connectivity index is 2.30. The van der Waals surface area contributed by atoms with Crippen molar-refractivity contribution in [3.63, 3.8) is 0 Å². The quantitative estimate of drug-likeness (QED) is 0.747. The van der Waals surface area contributed by atoms with Crippen molar-refractivity contribution in [1.82, 2.24) is 4.90 Å². The Bertz CT molecular complexity index is 224. The van der Waals surface area contributed by atoms with Gasteiger partial charge in [-0.3, -0.25) is 4.90 Å². The molecule has 1 heterocycles. The number of rotatable bonds is 3. The van der Waals surface area contributed by atoms with Gasteiger partial charge in [0.15, 0.2) is 0 Å². The molecule has 1 unspecified atom stereocenters. The SMILES string of the molecule is CC(C)(C)CCCC1CN(C(C)(C)C)CCO1. The van der Waals surface area contributed by atoms with E-state index in [1.165, 1.54) is 19.3 Å². The lowest BCUT2D eigenvalue weighted by atomic mass is 9.89. The van der Waals surface area contributed by atoms with Crippen molar-refractivity contribution < 1.29 is 4.74 Å². The highest BCUT2D eigenvalue weighted by molar-refractivity contribution is 4.82. The molecule has 0 radical (unpaired) electrons. The highest BCUT2D eigenvalue weighted by Gasteiger charge is 2.28. The van der Waals surface area contributed by atoms with Crippen LogP contribution in [-0.2, 0) is 4.74 Å². The van der Waals surface area contributed by atoms with Crippen LogP contribution in [0.25, 0.3) is 0 Å². The monoisotopic (exact) mass is 241 g/mol. The summed E-state index contributed by atoms with van der Waals surface area (Å²) in [5.41, 5.74) is 0.741. The minimum Gasteiger partial charge on any atom is -0.376 e. The van der Waals surface area contributed by atoms with E-state index in [1.807, 2.05) is 0 Å². The molecule has 17 heavy (non-hydrogen) atoms. The molecule has 0 aromatic rings. The molecule has 0 aromatic heterocycles. The fourth-order valence-electron chi connectivity index (χ4n) is 2.36. The smallest absolute Gasteiger partial charge is 0.0702 e. The van der Waals surface area contributed by atoms with E-state index in [-0.39, 0.29) is 5.54 Å². The van der Waals surface area contributed by atoms with Crippen LogP contribution in [0.1, 0.15) is 60.8 Å². The lowest BCUT2D eigenvalue weighted by Gasteiger charge is -2.41. The van der Waals surface area contributed by atoms with E-state index in [1.54, 1.807) is 0 Å². The third-order valence-corrected chi connectivity index (χ3v) is 3.54. The van der Waals surface area contributed by atoms with Crippen molar-refractivity contribution in [2.24, 2.45) is 5.41 Å². The van der Waals surface area contributed by atoms with Gasteiger partial charge in [-0.15, -0.1) is 0 Å². The zero-order chi connectivity index (χ0) is 13.1. The summed E-state index contributed by atoms with van der Waals surface area (Å²) in [6.45, 7) is 16.9. The first-order valence-corrected chi connectivity index (χ1v) is 7.05. The molecule has 1 aliphatic heterocycles. The molecule has 0 aromatic carbocycles. The van der Waals surface area contributed by atoms with Crippen molar-refractivity contribution in [1.29, 1.82) is 0 Å². The maximum absolute atomic E-state index is 5.88. The molecule has 1 aliphatic rings. The summed E-state index contributed by atoms with van der Waals surface area (Å²) in [5.74, 6) is 0. The lowest BCUT2D eigenvalue weighted by Crippen LogP contribution is -2.51. The normalized spacial score (nSPS) is 24.0. The number of hydrogen-bond donors (Lipinski definition) is 0. The van der Waals surface area contributed by atoms with Gasteiger partial charge in [-0.1, -0.05) is 27.2 Å². The first-order chi connectivity index (χ1) is 7.68. The van der Waals surface area contributed by atoms with Crippen LogP contribution in [0, 0.1) is 5.41 Å². The molecule has 0 N–H and O–H groups in total. The fraction of sp³-hybridized carbons (Fsp3) is 1.00. The summed E-state index contributed by atoms with van der Waals surface area (Å²) in [4.78, 5) is 2.55. The molecule has 0 spiro atoms. The number of hydrogen-bond acceptors (Lipinski definition) is 2. The van der Waals surface area contributed by atoms with E-state index in [9.17, 15) is 0 Å². The van der Waals surface area contributed by atoms with Gasteiger partial charge in [0, 0.05) is 18.6 Å². The summed E-state index contributed by atoms with van der Waals surface area (Å²) in [6.07, 6.45) is 4.24. The summed E-state index contributed by atoms with van der Waals surface area (Å²) in [5, 5.41) is 0. The summed E-state index contributed by atoms with van der Waals surface area (Å²) < 4.78 is 5.88. The molecule has 1 rings (SSSR count). The third-order valence-electron chi connectivity index (χ3n) is 3.54. The topological polar surface area (TPSA) is 12.5 Å². The van der Waals surface area contributed by atoms with Gasteiger partial charge in [0.05, 0.1) is 12.7 Å². The zero-order valence-electron chi connectivity index (χ0n) is 12.7. The second-order valence-corrected chi connectivity index (χ2v) is 7.56. The molecule has 1 fully saturated rings. The Hall–Kier alpha value is -0.0800. The van der Waals surface area contributed by atoms with Crippen molar-refractivity contribution >= 4 is 0 Å². The average Bonchev–Trinajstić information content (AvgIpc) is 2.15. The fourth-order valence-corrected chi connectivity index (χ4v) is 2.36. The molecule has 0 bridgehead atoms. The molecule has 2 heteroatoms. The van der Waals surface area contributed by atoms with Crippen LogP contribution in [0.2, 0.25) is 0 Å². The van der Waals surface area contributed by atoms with Gasteiger partial charge in [0.2, 0.25) is 0 Å². The maximum atomic E-state index is 5.88. The van der Waals surface area contributed by atoms with E-state index in [4.69, 9.17) is 4.74 Å². The van der Waals surface area contributed by atoms with Crippen molar-refractivity contribution in [3.05, 3.63) is 0 Å². The van der Waals surface area contributed by atoms with Crippen LogP contribution in [0.4, 0.5) is 0 Å². The molecule has 1 atom stereocenters. The Morgan fingerprint density at radius 1 is 1.12 bits per heavy atom. The lowest BCUT2D eigenvalue weighted by molar-refractivity contribution is -0.0620. The van der Waals surface area contributed by atoms with Gasteiger partial charge in [0.1, 0.15) is 0 Å². The minimum absolute atomic E-state index is 0.284. The van der Waals surface area contributed by atoms with E-state index < -0.39 is 0 Å².